The second kappa shape index (κ2) is 3.70. The van der Waals surface area contributed by atoms with Crippen LogP contribution >= 0.6 is 0 Å². The molecule has 0 fully saturated rings. The molecule has 0 atom stereocenters. The van der Waals surface area contributed by atoms with E-state index in [4.69, 9.17) is 0 Å². The first-order chi connectivity index (χ1) is 6.02. The number of hydrogen-bond acceptors (Lipinski definition) is 2. The van der Waals surface area contributed by atoms with E-state index in [-0.39, 0.29) is 5.78 Å². The summed E-state index contributed by atoms with van der Waals surface area (Å²) in [5, 5.41) is 0. The number of carbonyl (C=O) groups excluding carboxylic acids is 1. The lowest BCUT2D eigenvalue weighted by Gasteiger charge is -2.05. The Morgan fingerprint density at radius 3 is 2.62 bits per heavy atom. The van der Waals surface area contributed by atoms with Gasteiger partial charge in [0.25, 0.3) is 5.78 Å². The van der Waals surface area contributed by atoms with Gasteiger partial charge in [0.2, 0.25) is 0 Å². The largest absolute Gasteiger partial charge is 0.326 e. The third kappa shape index (κ3) is 2.15. The molecule has 0 saturated heterocycles. The molecule has 1 aromatic rings. The minimum Gasteiger partial charge on any atom is -0.302 e. The predicted octanol–water partition coefficient (Wildman–Crippen LogP) is -0.406. The maximum absolute atomic E-state index is 11.7. The second-order valence-corrected chi connectivity index (χ2v) is 3.50. The molecule has 0 spiro atoms. The third-order valence-electron chi connectivity index (χ3n) is 1.89. The molecule has 1 rings (SSSR count). The number of rotatable bonds is 3. The van der Waals surface area contributed by atoms with Gasteiger partial charge in [-0.2, -0.15) is 0 Å². The van der Waals surface area contributed by atoms with E-state index in [2.05, 4.69) is 0 Å². The van der Waals surface area contributed by atoms with Gasteiger partial charge in [-0.1, -0.05) is 0 Å². The molecular weight excluding hydrogens is 166 g/mol. The quantitative estimate of drug-likeness (QED) is 0.470. The summed E-state index contributed by atoms with van der Waals surface area (Å²) in [6, 6.07) is 0. The van der Waals surface area contributed by atoms with Crippen molar-refractivity contribution < 1.29 is 9.36 Å². The van der Waals surface area contributed by atoms with Crippen molar-refractivity contribution in [1.82, 2.24) is 9.47 Å². The average molecular weight is 182 g/mol. The summed E-state index contributed by atoms with van der Waals surface area (Å²) in [6.45, 7) is 0.450. The minimum atomic E-state index is 0.139. The summed E-state index contributed by atoms with van der Waals surface area (Å²) < 4.78 is 3.68. The monoisotopic (exact) mass is 182 g/mol. The number of ketones is 1. The summed E-state index contributed by atoms with van der Waals surface area (Å²) in [6.07, 6.45) is 3.76. The molecule has 0 amide bonds. The van der Waals surface area contributed by atoms with Crippen LogP contribution in [0, 0.1) is 0 Å². The van der Waals surface area contributed by atoms with Gasteiger partial charge in [0.1, 0.15) is 12.4 Å². The Labute approximate surface area is 78.4 Å². The zero-order chi connectivity index (χ0) is 10.0. The van der Waals surface area contributed by atoms with Gasteiger partial charge in [-0.05, 0) is 14.1 Å². The lowest BCUT2D eigenvalue weighted by molar-refractivity contribution is -0.672. The molecule has 1 aromatic heterocycles. The molecule has 0 N–H and O–H groups in total. The van der Waals surface area contributed by atoms with Crippen molar-refractivity contribution in [2.75, 3.05) is 20.6 Å². The third-order valence-corrected chi connectivity index (χ3v) is 1.89. The van der Waals surface area contributed by atoms with E-state index in [1.807, 2.05) is 54.6 Å². The Morgan fingerprint density at radius 1 is 1.62 bits per heavy atom. The van der Waals surface area contributed by atoms with Crippen LogP contribution in [0.5, 0.6) is 0 Å². The SMILES string of the molecule is CN(C)CC(=O)c1n(C)cc[n+]1C. The van der Waals surface area contributed by atoms with Gasteiger partial charge in [0.15, 0.2) is 0 Å². The van der Waals surface area contributed by atoms with Crippen LogP contribution in [0.3, 0.4) is 0 Å². The maximum atomic E-state index is 11.7. The topological polar surface area (TPSA) is 29.1 Å². The van der Waals surface area contributed by atoms with E-state index in [0.717, 1.165) is 5.82 Å². The fraction of sp³-hybridized carbons (Fsp3) is 0.556. The number of carbonyl (C=O) groups is 1. The molecule has 13 heavy (non-hydrogen) atoms. The second-order valence-electron chi connectivity index (χ2n) is 3.50. The van der Waals surface area contributed by atoms with Gasteiger partial charge in [-0.25, -0.2) is 9.13 Å². The van der Waals surface area contributed by atoms with Crippen molar-refractivity contribution in [3.63, 3.8) is 0 Å². The van der Waals surface area contributed by atoms with Crippen LogP contribution in [-0.4, -0.2) is 35.9 Å². The lowest BCUT2D eigenvalue weighted by Crippen LogP contribution is -2.38. The molecule has 0 saturated carbocycles. The highest BCUT2D eigenvalue weighted by Gasteiger charge is 2.20. The molecule has 0 aliphatic rings. The highest BCUT2D eigenvalue weighted by Crippen LogP contribution is 1.94. The summed E-state index contributed by atoms with van der Waals surface area (Å²) in [5.74, 6) is 0.869. The summed E-state index contributed by atoms with van der Waals surface area (Å²) in [7, 11) is 7.54. The van der Waals surface area contributed by atoms with Gasteiger partial charge in [-0.15, -0.1) is 0 Å². The maximum Gasteiger partial charge on any atom is 0.326 e. The van der Waals surface area contributed by atoms with E-state index < -0.39 is 0 Å². The van der Waals surface area contributed by atoms with E-state index in [1.54, 1.807) is 0 Å². The lowest BCUT2D eigenvalue weighted by atomic mass is 10.3. The normalized spacial score (nSPS) is 10.8. The van der Waals surface area contributed by atoms with E-state index in [0.29, 0.717) is 6.54 Å². The van der Waals surface area contributed by atoms with Gasteiger partial charge in [0.05, 0.1) is 20.6 Å². The van der Waals surface area contributed by atoms with Gasteiger partial charge in [0, 0.05) is 0 Å². The Balaban J connectivity index is 2.88. The fourth-order valence-electron chi connectivity index (χ4n) is 1.34. The number of likely N-dealkylation sites (N-methyl/N-ethyl adjacent to an activating group) is 1. The first-order valence-corrected chi connectivity index (χ1v) is 4.21. The molecule has 0 aromatic carbocycles. The van der Waals surface area contributed by atoms with Crippen molar-refractivity contribution in [2.45, 2.75) is 0 Å². The summed E-state index contributed by atoms with van der Waals surface area (Å²) in [4.78, 5) is 13.5. The molecule has 0 unspecified atom stereocenters. The van der Waals surface area contributed by atoms with E-state index in [9.17, 15) is 4.79 Å². The van der Waals surface area contributed by atoms with Crippen LogP contribution in [0.1, 0.15) is 10.6 Å². The van der Waals surface area contributed by atoms with Gasteiger partial charge < -0.3 is 4.90 Å². The van der Waals surface area contributed by atoms with Gasteiger partial charge >= 0.3 is 5.82 Å². The average Bonchev–Trinajstić information content (AvgIpc) is 2.29. The smallest absolute Gasteiger partial charge is 0.302 e. The minimum absolute atomic E-state index is 0.139. The molecule has 4 nitrogen and oxygen atoms in total. The first-order valence-electron chi connectivity index (χ1n) is 4.21. The highest BCUT2D eigenvalue weighted by atomic mass is 16.1. The number of imidazole rings is 1. The molecular formula is C9H16N3O+. The Bertz CT molecular complexity index is 295. The highest BCUT2D eigenvalue weighted by molar-refractivity contribution is 5.93. The predicted molar refractivity (Wildman–Crippen MR) is 49.5 cm³/mol. The van der Waals surface area contributed by atoms with Crippen molar-refractivity contribution in [3.8, 4) is 0 Å². The van der Waals surface area contributed by atoms with Crippen molar-refractivity contribution in [1.29, 1.82) is 0 Å². The number of Topliss-reactive ketones (excluding diaryl/α,β-unsaturated/α-hetero) is 1. The van der Waals surface area contributed by atoms with Gasteiger partial charge in [-0.3, -0.25) is 4.79 Å². The molecule has 0 aliphatic heterocycles. The first kappa shape index (κ1) is 9.92. The van der Waals surface area contributed by atoms with Crippen molar-refractivity contribution in [3.05, 3.63) is 18.2 Å². The van der Waals surface area contributed by atoms with E-state index in [1.165, 1.54) is 0 Å². The Morgan fingerprint density at radius 2 is 2.23 bits per heavy atom. The van der Waals surface area contributed by atoms with Crippen LogP contribution in [0.4, 0.5) is 0 Å². The number of hydrogen-bond donors (Lipinski definition) is 0. The summed E-state index contributed by atoms with van der Waals surface area (Å²) >= 11 is 0. The molecule has 1 heterocycles. The molecule has 72 valence electrons. The zero-order valence-corrected chi connectivity index (χ0v) is 8.61. The fourth-order valence-corrected chi connectivity index (χ4v) is 1.34. The van der Waals surface area contributed by atoms with Crippen LogP contribution in [0.15, 0.2) is 12.4 Å². The molecule has 0 radical (unpaired) electrons. The molecule has 4 heteroatoms. The molecule has 0 aliphatic carbocycles. The van der Waals surface area contributed by atoms with Crippen LogP contribution in [0.25, 0.3) is 0 Å². The van der Waals surface area contributed by atoms with Crippen LogP contribution in [0.2, 0.25) is 0 Å². The number of aryl methyl sites for hydroxylation is 2. The van der Waals surface area contributed by atoms with Crippen LogP contribution in [-0.2, 0) is 14.1 Å². The summed E-state index contributed by atoms with van der Waals surface area (Å²) in [5.41, 5.74) is 0. The Hall–Kier alpha value is -1.16. The van der Waals surface area contributed by atoms with Crippen LogP contribution < -0.4 is 4.57 Å². The van der Waals surface area contributed by atoms with Crippen molar-refractivity contribution >= 4 is 5.78 Å². The van der Waals surface area contributed by atoms with Crippen molar-refractivity contribution in [2.24, 2.45) is 14.1 Å². The number of aromatic nitrogens is 2. The van der Waals surface area contributed by atoms with E-state index >= 15 is 0 Å². The Kier molecular flexibility index (Phi) is 2.83. The number of nitrogens with zero attached hydrogens (tertiary/aromatic N) is 3. The molecule has 0 bridgehead atoms. The standard InChI is InChI=1S/C9H16N3O/c1-10(2)7-8(13)9-11(3)5-6-12(9)4/h5-6H,7H2,1-4H3/q+1. The zero-order valence-electron chi connectivity index (χ0n) is 8.61.